The van der Waals surface area contributed by atoms with E-state index in [0.29, 0.717) is 6.61 Å². The predicted octanol–water partition coefficient (Wildman–Crippen LogP) is 2.94. The summed E-state index contributed by atoms with van der Waals surface area (Å²) >= 11 is 5.78. The topological polar surface area (TPSA) is 33.0 Å². The van der Waals surface area contributed by atoms with Crippen LogP contribution in [0.1, 0.15) is 18.1 Å². The predicted molar refractivity (Wildman–Crippen MR) is 53.9 cm³/mol. The number of hydrogen-bond acceptors (Lipinski definition) is 2. The van der Waals surface area contributed by atoms with Crippen LogP contribution in [-0.2, 0) is 4.74 Å². The summed E-state index contributed by atoms with van der Waals surface area (Å²) < 4.78 is 5.52. The van der Waals surface area contributed by atoms with Gasteiger partial charge >= 0.3 is 0 Å². The Balaban J connectivity index is 2.10. The van der Waals surface area contributed by atoms with Crippen LogP contribution in [0.25, 0.3) is 0 Å². The highest BCUT2D eigenvalue weighted by Gasteiger charge is 2.26. The van der Waals surface area contributed by atoms with Gasteiger partial charge in [-0.15, -0.1) is 0 Å². The second-order valence-corrected chi connectivity index (χ2v) is 3.87. The van der Waals surface area contributed by atoms with Crippen molar-refractivity contribution in [1.82, 2.24) is 0 Å². The van der Waals surface area contributed by atoms with Gasteiger partial charge in [-0.05, 0) is 24.1 Å². The summed E-state index contributed by atoms with van der Waals surface area (Å²) in [4.78, 5) is 0. The number of rotatable bonds is 1. The average molecular weight is 208 g/mol. The van der Waals surface area contributed by atoms with Gasteiger partial charge in [0.15, 0.2) is 0 Å². The number of ether oxygens (including phenoxy) is 1. The summed E-state index contributed by atoms with van der Waals surface area (Å²) in [6.07, 6.45) is 0.856. The van der Waals surface area contributed by atoms with E-state index >= 15 is 0 Å². The monoisotopic (exact) mass is 207 g/mol. The zero-order valence-corrected chi connectivity index (χ0v) is 8.37. The van der Waals surface area contributed by atoms with Gasteiger partial charge in [0, 0.05) is 5.02 Å². The third-order valence-electron chi connectivity index (χ3n) is 2.42. The Morgan fingerprint density at radius 2 is 2.07 bits per heavy atom. The van der Waals surface area contributed by atoms with Gasteiger partial charge in [0.25, 0.3) is 0 Å². The van der Waals surface area contributed by atoms with Crippen LogP contribution in [0.3, 0.4) is 0 Å². The van der Waals surface area contributed by atoms with E-state index in [1.54, 1.807) is 0 Å². The molecule has 0 saturated carbocycles. The maximum absolute atomic E-state index is 8.72. The molecule has 0 aromatic heterocycles. The molecular weight excluding hydrogens is 198 g/mol. The van der Waals surface area contributed by atoms with E-state index < -0.39 is 0 Å². The normalized spacial score (nSPS) is 26.0. The Hall–Kier alpha value is -1.04. The molecular formula is C11H10ClNO. The lowest BCUT2D eigenvalue weighted by molar-refractivity contribution is 0.109. The van der Waals surface area contributed by atoms with Crippen LogP contribution in [0.15, 0.2) is 24.3 Å². The highest BCUT2D eigenvalue weighted by Crippen LogP contribution is 2.32. The lowest BCUT2D eigenvalue weighted by Crippen LogP contribution is -1.94. The third kappa shape index (κ3) is 1.89. The first-order valence-corrected chi connectivity index (χ1v) is 4.94. The molecule has 1 aromatic carbocycles. The standard InChI is InChI=1S/C11H10ClNO/c12-10-3-1-9(2-4-10)11-5-8(6-13)7-14-11/h1-4,8,11H,5,7H2/t8-,11-/m1/s1. The quantitative estimate of drug-likeness (QED) is 0.710. The first-order valence-electron chi connectivity index (χ1n) is 4.56. The molecule has 1 saturated heterocycles. The lowest BCUT2D eigenvalue weighted by atomic mass is 10.0. The van der Waals surface area contributed by atoms with Crippen molar-refractivity contribution < 1.29 is 4.74 Å². The minimum atomic E-state index is 0.0377. The largest absolute Gasteiger partial charge is 0.372 e. The summed E-state index contributed by atoms with van der Waals surface area (Å²) in [7, 11) is 0. The number of nitriles is 1. The lowest BCUT2D eigenvalue weighted by Gasteiger charge is -2.08. The van der Waals surface area contributed by atoms with E-state index in [1.807, 2.05) is 24.3 Å². The fourth-order valence-corrected chi connectivity index (χ4v) is 1.75. The molecule has 1 aliphatic heterocycles. The molecule has 2 nitrogen and oxygen atoms in total. The molecule has 72 valence electrons. The van der Waals surface area contributed by atoms with Crippen molar-refractivity contribution in [2.45, 2.75) is 12.5 Å². The van der Waals surface area contributed by atoms with Gasteiger partial charge in [0.05, 0.1) is 24.7 Å². The van der Waals surface area contributed by atoms with Crippen molar-refractivity contribution in [3.05, 3.63) is 34.9 Å². The fraction of sp³-hybridized carbons (Fsp3) is 0.364. The molecule has 0 radical (unpaired) electrons. The first kappa shape index (κ1) is 9.51. The minimum Gasteiger partial charge on any atom is -0.372 e. The molecule has 0 spiro atoms. The zero-order valence-electron chi connectivity index (χ0n) is 7.61. The van der Waals surface area contributed by atoms with Crippen molar-refractivity contribution in [2.24, 2.45) is 5.92 Å². The highest BCUT2D eigenvalue weighted by atomic mass is 35.5. The van der Waals surface area contributed by atoms with Crippen LogP contribution < -0.4 is 0 Å². The fourth-order valence-electron chi connectivity index (χ4n) is 1.63. The van der Waals surface area contributed by atoms with E-state index in [9.17, 15) is 0 Å². The maximum atomic E-state index is 8.72. The molecule has 1 aliphatic rings. The van der Waals surface area contributed by atoms with Gasteiger partial charge in [0.1, 0.15) is 0 Å². The number of benzene rings is 1. The van der Waals surface area contributed by atoms with E-state index in [4.69, 9.17) is 21.6 Å². The van der Waals surface area contributed by atoms with E-state index in [0.717, 1.165) is 17.0 Å². The van der Waals surface area contributed by atoms with Crippen LogP contribution in [-0.4, -0.2) is 6.61 Å². The van der Waals surface area contributed by atoms with Crippen LogP contribution in [0.4, 0.5) is 0 Å². The van der Waals surface area contributed by atoms with Crippen molar-refractivity contribution in [3.63, 3.8) is 0 Å². The molecule has 0 N–H and O–H groups in total. The second-order valence-electron chi connectivity index (χ2n) is 3.44. The summed E-state index contributed by atoms with van der Waals surface area (Å²) in [5.41, 5.74) is 1.10. The van der Waals surface area contributed by atoms with Gasteiger partial charge in [-0.1, -0.05) is 23.7 Å². The van der Waals surface area contributed by atoms with E-state index in [-0.39, 0.29) is 12.0 Å². The highest BCUT2D eigenvalue weighted by molar-refractivity contribution is 6.30. The Morgan fingerprint density at radius 1 is 1.36 bits per heavy atom. The molecule has 0 bridgehead atoms. The molecule has 2 atom stereocenters. The van der Waals surface area contributed by atoms with Gasteiger partial charge in [0.2, 0.25) is 0 Å². The molecule has 2 rings (SSSR count). The minimum absolute atomic E-state index is 0.0377. The molecule has 0 aliphatic carbocycles. The van der Waals surface area contributed by atoms with Gasteiger partial charge in [-0.3, -0.25) is 0 Å². The SMILES string of the molecule is N#C[C@@H]1CO[C@@H](c2ccc(Cl)cc2)C1. The van der Waals surface area contributed by atoms with Crippen molar-refractivity contribution >= 4 is 11.6 Å². The molecule has 0 unspecified atom stereocenters. The van der Waals surface area contributed by atoms with E-state index in [2.05, 4.69) is 6.07 Å². The Bertz CT molecular complexity index is 355. The smallest absolute Gasteiger partial charge is 0.0839 e. The summed E-state index contributed by atoms with van der Waals surface area (Å²) in [5, 5.41) is 9.45. The Labute approximate surface area is 88.1 Å². The molecule has 0 amide bonds. The van der Waals surface area contributed by atoms with Crippen LogP contribution in [0.2, 0.25) is 5.02 Å². The molecule has 3 heteroatoms. The summed E-state index contributed by atoms with van der Waals surface area (Å²) in [6, 6.07) is 9.82. The summed E-state index contributed by atoms with van der Waals surface area (Å²) in [5.74, 6) is 0.0377. The summed E-state index contributed by atoms with van der Waals surface area (Å²) in [6.45, 7) is 0.545. The van der Waals surface area contributed by atoms with Crippen molar-refractivity contribution in [1.29, 1.82) is 5.26 Å². The number of halogens is 1. The van der Waals surface area contributed by atoms with Crippen molar-refractivity contribution in [2.75, 3.05) is 6.61 Å². The Morgan fingerprint density at radius 3 is 2.64 bits per heavy atom. The van der Waals surface area contributed by atoms with Crippen LogP contribution in [0.5, 0.6) is 0 Å². The van der Waals surface area contributed by atoms with Gasteiger partial charge < -0.3 is 4.74 Å². The van der Waals surface area contributed by atoms with Crippen LogP contribution in [0, 0.1) is 17.2 Å². The molecule has 1 fully saturated rings. The zero-order chi connectivity index (χ0) is 9.97. The second kappa shape index (κ2) is 4.00. The van der Waals surface area contributed by atoms with Crippen LogP contribution >= 0.6 is 11.6 Å². The maximum Gasteiger partial charge on any atom is 0.0839 e. The number of nitrogens with zero attached hydrogens (tertiary/aromatic N) is 1. The first-order chi connectivity index (χ1) is 6.79. The molecule has 1 aromatic rings. The third-order valence-corrected chi connectivity index (χ3v) is 2.67. The van der Waals surface area contributed by atoms with E-state index in [1.165, 1.54) is 0 Å². The molecule has 1 heterocycles. The average Bonchev–Trinajstić information content (AvgIpc) is 2.67. The van der Waals surface area contributed by atoms with Crippen molar-refractivity contribution in [3.8, 4) is 6.07 Å². The Kier molecular flexibility index (Phi) is 2.72. The van der Waals surface area contributed by atoms with Gasteiger partial charge in [-0.25, -0.2) is 0 Å². The van der Waals surface area contributed by atoms with Gasteiger partial charge in [-0.2, -0.15) is 5.26 Å². The number of hydrogen-bond donors (Lipinski definition) is 0. The molecule has 14 heavy (non-hydrogen) atoms.